The van der Waals surface area contributed by atoms with Crippen molar-refractivity contribution in [3.8, 4) is 0 Å². The van der Waals surface area contributed by atoms with Gasteiger partial charge in [0.25, 0.3) is 0 Å². The van der Waals surface area contributed by atoms with E-state index in [-0.39, 0.29) is 5.60 Å². The summed E-state index contributed by atoms with van der Waals surface area (Å²) in [6, 6.07) is 0. The van der Waals surface area contributed by atoms with E-state index in [4.69, 9.17) is 4.74 Å². The fraction of sp³-hybridized carbons (Fsp3) is 0.733. The zero-order valence-corrected chi connectivity index (χ0v) is 11.1. The highest BCUT2D eigenvalue weighted by molar-refractivity contribution is 5.22. The third-order valence-corrected chi connectivity index (χ3v) is 4.07. The summed E-state index contributed by atoms with van der Waals surface area (Å²) in [5.74, 6) is 0. The molecule has 1 heteroatoms. The first-order valence-corrected chi connectivity index (χ1v) is 6.50. The first-order valence-electron chi connectivity index (χ1n) is 6.50. The molecule has 1 nitrogen and oxygen atoms in total. The molecule has 16 heavy (non-hydrogen) atoms. The molecular weight excluding hydrogens is 196 g/mol. The average molecular weight is 220 g/mol. The lowest BCUT2D eigenvalue weighted by Crippen LogP contribution is -2.16. The van der Waals surface area contributed by atoms with Gasteiger partial charge in [0.2, 0.25) is 0 Å². The molecule has 1 aliphatic carbocycles. The Morgan fingerprint density at radius 3 is 2.81 bits per heavy atom. The van der Waals surface area contributed by atoms with Crippen LogP contribution in [0.4, 0.5) is 0 Å². The van der Waals surface area contributed by atoms with Gasteiger partial charge in [-0.3, -0.25) is 0 Å². The van der Waals surface area contributed by atoms with Crippen molar-refractivity contribution in [2.45, 2.75) is 71.5 Å². The van der Waals surface area contributed by atoms with Crippen molar-refractivity contribution in [1.29, 1.82) is 0 Å². The standard InChI is InChI=1S/C15H24O/c1-11(2)6-5-7-12(3)13-8-9-15(4)14(10-13)16-15/h6,14H,5,7-10H2,1-4H3/b13-12+/t14-,15+/m1/s1. The molecule has 0 amide bonds. The van der Waals surface area contributed by atoms with Crippen molar-refractivity contribution in [2.75, 3.05) is 0 Å². The van der Waals surface area contributed by atoms with Crippen molar-refractivity contribution in [3.63, 3.8) is 0 Å². The van der Waals surface area contributed by atoms with E-state index >= 15 is 0 Å². The lowest BCUT2D eigenvalue weighted by Gasteiger charge is -2.18. The van der Waals surface area contributed by atoms with Crippen molar-refractivity contribution in [2.24, 2.45) is 0 Å². The van der Waals surface area contributed by atoms with Gasteiger partial charge in [-0.25, -0.2) is 0 Å². The number of ether oxygens (including phenoxy) is 1. The van der Waals surface area contributed by atoms with Gasteiger partial charge in [0.05, 0.1) is 11.7 Å². The van der Waals surface area contributed by atoms with Gasteiger partial charge >= 0.3 is 0 Å². The summed E-state index contributed by atoms with van der Waals surface area (Å²) < 4.78 is 5.74. The molecule has 0 unspecified atom stereocenters. The van der Waals surface area contributed by atoms with E-state index in [0.717, 1.165) is 0 Å². The highest BCUT2D eigenvalue weighted by atomic mass is 16.6. The van der Waals surface area contributed by atoms with Crippen LogP contribution in [0.3, 0.4) is 0 Å². The minimum Gasteiger partial charge on any atom is -0.366 e. The Balaban J connectivity index is 1.88. The molecule has 0 aromatic carbocycles. The van der Waals surface area contributed by atoms with Gasteiger partial charge in [-0.2, -0.15) is 0 Å². The minimum absolute atomic E-state index is 0.254. The average Bonchev–Trinajstić information content (AvgIpc) is 2.87. The second kappa shape index (κ2) is 4.37. The summed E-state index contributed by atoms with van der Waals surface area (Å²) in [5.41, 5.74) is 4.96. The van der Waals surface area contributed by atoms with Gasteiger partial charge < -0.3 is 4.74 Å². The van der Waals surface area contributed by atoms with E-state index < -0.39 is 0 Å². The van der Waals surface area contributed by atoms with E-state index in [9.17, 15) is 0 Å². The number of hydrogen-bond acceptors (Lipinski definition) is 1. The third-order valence-electron chi connectivity index (χ3n) is 4.07. The molecule has 0 aromatic heterocycles. The molecule has 0 spiro atoms. The van der Waals surface area contributed by atoms with Gasteiger partial charge in [0.15, 0.2) is 0 Å². The van der Waals surface area contributed by atoms with Crippen LogP contribution in [0, 0.1) is 0 Å². The molecule has 2 fully saturated rings. The zero-order valence-electron chi connectivity index (χ0n) is 11.1. The third kappa shape index (κ3) is 2.57. The lowest BCUT2D eigenvalue weighted by atomic mass is 9.84. The Morgan fingerprint density at radius 2 is 2.19 bits per heavy atom. The summed E-state index contributed by atoms with van der Waals surface area (Å²) in [6.45, 7) is 8.91. The van der Waals surface area contributed by atoms with E-state index in [1.807, 2.05) is 0 Å². The van der Waals surface area contributed by atoms with Crippen LogP contribution < -0.4 is 0 Å². The molecule has 0 aromatic rings. The van der Waals surface area contributed by atoms with Gasteiger partial charge in [0, 0.05) is 0 Å². The van der Waals surface area contributed by atoms with Crippen LogP contribution in [0.2, 0.25) is 0 Å². The maximum absolute atomic E-state index is 5.74. The number of rotatable bonds is 3. The van der Waals surface area contributed by atoms with Crippen molar-refractivity contribution >= 4 is 0 Å². The number of epoxide rings is 1. The van der Waals surface area contributed by atoms with E-state index in [1.165, 1.54) is 37.7 Å². The van der Waals surface area contributed by atoms with Crippen molar-refractivity contribution in [3.05, 3.63) is 22.8 Å². The highest BCUT2D eigenvalue weighted by Gasteiger charge is 2.54. The molecule has 1 saturated heterocycles. The molecule has 1 saturated carbocycles. The van der Waals surface area contributed by atoms with Crippen LogP contribution in [-0.2, 0) is 4.74 Å². The molecule has 0 bridgehead atoms. The van der Waals surface area contributed by atoms with Gasteiger partial charge in [-0.15, -0.1) is 0 Å². The topological polar surface area (TPSA) is 12.5 Å². The second-order valence-corrected chi connectivity index (χ2v) is 5.83. The van der Waals surface area contributed by atoms with Crippen LogP contribution in [0.15, 0.2) is 22.8 Å². The molecule has 90 valence electrons. The molecule has 2 atom stereocenters. The first-order chi connectivity index (χ1) is 7.51. The molecular formula is C15H24O. The van der Waals surface area contributed by atoms with Gasteiger partial charge in [0.1, 0.15) is 0 Å². The summed E-state index contributed by atoms with van der Waals surface area (Å²) in [4.78, 5) is 0. The van der Waals surface area contributed by atoms with Crippen LogP contribution in [0.25, 0.3) is 0 Å². The van der Waals surface area contributed by atoms with Crippen LogP contribution in [0.1, 0.15) is 59.8 Å². The highest BCUT2D eigenvalue weighted by Crippen LogP contribution is 2.49. The fourth-order valence-corrected chi connectivity index (χ4v) is 2.64. The monoisotopic (exact) mass is 220 g/mol. The summed E-state index contributed by atoms with van der Waals surface area (Å²) in [5, 5.41) is 0. The Bertz CT molecular complexity index is 333. The molecule has 2 rings (SSSR count). The van der Waals surface area contributed by atoms with Crippen LogP contribution in [-0.4, -0.2) is 11.7 Å². The molecule has 2 aliphatic rings. The minimum atomic E-state index is 0.254. The van der Waals surface area contributed by atoms with E-state index in [0.29, 0.717) is 6.10 Å². The van der Waals surface area contributed by atoms with Crippen molar-refractivity contribution in [1.82, 2.24) is 0 Å². The molecule has 0 radical (unpaired) electrons. The number of hydrogen-bond donors (Lipinski definition) is 0. The second-order valence-electron chi connectivity index (χ2n) is 5.83. The Morgan fingerprint density at radius 1 is 1.44 bits per heavy atom. The van der Waals surface area contributed by atoms with Gasteiger partial charge in [-0.1, -0.05) is 22.8 Å². The summed E-state index contributed by atoms with van der Waals surface area (Å²) in [7, 11) is 0. The smallest absolute Gasteiger partial charge is 0.0926 e. The maximum atomic E-state index is 5.74. The molecule has 1 aliphatic heterocycles. The Kier molecular flexibility index (Phi) is 3.25. The Hall–Kier alpha value is -0.560. The first kappa shape index (κ1) is 11.9. The zero-order chi connectivity index (χ0) is 11.8. The van der Waals surface area contributed by atoms with E-state index in [1.54, 1.807) is 11.1 Å². The lowest BCUT2D eigenvalue weighted by molar-refractivity contribution is 0.305. The van der Waals surface area contributed by atoms with Crippen molar-refractivity contribution < 1.29 is 4.74 Å². The largest absolute Gasteiger partial charge is 0.366 e. The SMILES string of the molecule is CC(C)=CCC/C(C)=C1\CC[C@]2(C)O[C@@H]2C1. The summed E-state index contributed by atoms with van der Waals surface area (Å²) >= 11 is 0. The predicted molar refractivity (Wildman–Crippen MR) is 68.5 cm³/mol. The number of allylic oxidation sites excluding steroid dienone is 3. The van der Waals surface area contributed by atoms with E-state index in [2.05, 4.69) is 33.8 Å². The van der Waals surface area contributed by atoms with Gasteiger partial charge in [-0.05, 0) is 59.8 Å². The predicted octanol–water partition coefficient (Wildman–Crippen LogP) is 4.39. The molecule has 0 N–H and O–H groups in total. The quantitative estimate of drug-likeness (QED) is 0.507. The normalized spacial score (nSPS) is 35.4. The van der Waals surface area contributed by atoms with Crippen LogP contribution in [0.5, 0.6) is 0 Å². The fourth-order valence-electron chi connectivity index (χ4n) is 2.64. The Labute approximate surface area is 99.6 Å². The number of fused-ring (bicyclic) bond motifs is 1. The molecule has 1 heterocycles. The summed E-state index contributed by atoms with van der Waals surface area (Å²) in [6.07, 6.45) is 8.97. The maximum Gasteiger partial charge on any atom is 0.0926 e. The van der Waals surface area contributed by atoms with Crippen LogP contribution >= 0.6 is 0 Å².